The zero-order valence-corrected chi connectivity index (χ0v) is 8.31. The van der Waals surface area contributed by atoms with Crippen molar-refractivity contribution in [3.05, 3.63) is 17.8 Å². The lowest BCUT2D eigenvalue weighted by Crippen LogP contribution is -2.34. The second kappa shape index (κ2) is 3.92. The van der Waals surface area contributed by atoms with Gasteiger partial charge in [0.2, 0.25) is 5.76 Å². The van der Waals surface area contributed by atoms with Crippen LogP contribution in [0.25, 0.3) is 0 Å². The van der Waals surface area contributed by atoms with Gasteiger partial charge >= 0.3 is 0 Å². The first-order chi connectivity index (χ1) is 6.57. The Balaban J connectivity index is 2.87. The van der Waals surface area contributed by atoms with E-state index in [-0.39, 0.29) is 11.7 Å². The van der Waals surface area contributed by atoms with Gasteiger partial charge in [-0.25, -0.2) is 4.98 Å². The fourth-order valence-corrected chi connectivity index (χ4v) is 0.930. The summed E-state index contributed by atoms with van der Waals surface area (Å²) in [5, 5.41) is 8.63. The number of oxazole rings is 1. The molecule has 1 heterocycles. The predicted octanol–water partition coefficient (Wildman–Crippen LogP) is 0.967. The van der Waals surface area contributed by atoms with E-state index in [0.717, 1.165) is 0 Å². The third kappa shape index (κ3) is 1.74. The van der Waals surface area contributed by atoms with Crippen LogP contribution in [0.1, 0.15) is 23.2 Å². The molecule has 1 atom stereocenters. The number of aryl methyl sites for hydroxylation is 1. The first-order valence-corrected chi connectivity index (χ1v) is 4.14. The van der Waals surface area contributed by atoms with E-state index in [1.54, 1.807) is 20.9 Å². The minimum Gasteiger partial charge on any atom is -0.438 e. The number of hydrogen-bond donors (Lipinski definition) is 0. The Kier molecular flexibility index (Phi) is 2.87. The van der Waals surface area contributed by atoms with E-state index in [0.29, 0.717) is 5.69 Å². The highest BCUT2D eigenvalue weighted by molar-refractivity contribution is 5.92. The Morgan fingerprint density at radius 3 is 2.86 bits per heavy atom. The summed E-state index contributed by atoms with van der Waals surface area (Å²) in [6.07, 6.45) is 1.22. The largest absolute Gasteiger partial charge is 0.438 e. The van der Waals surface area contributed by atoms with Gasteiger partial charge in [-0.3, -0.25) is 4.79 Å². The van der Waals surface area contributed by atoms with Crippen molar-refractivity contribution in [2.45, 2.75) is 19.9 Å². The normalized spacial score (nSPS) is 11.9. The summed E-state index contributed by atoms with van der Waals surface area (Å²) < 4.78 is 4.93. The number of nitriles is 1. The van der Waals surface area contributed by atoms with Gasteiger partial charge in [0.1, 0.15) is 6.04 Å². The first kappa shape index (κ1) is 10.3. The monoisotopic (exact) mass is 193 g/mol. The van der Waals surface area contributed by atoms with Crippen LogP contribution < -0.4 is 0 Å². The smallest absolute Gasteiger partial charge is 0.292 e. The van der Waals surface area contributed by atoms with Crippen molar-refractivity contribution in [2.75, 3.05) is 7.05 Å². The highest BCUT2D eigenvalue weighted by atomic mass is 16.3. The van der Waals surface area contributed by atoms with Crippen molar-refractivity contribution >= 4 is 5.91 Å². The van der Waals surface area contributed by atoms with Crippen LogP contribution in [0, 0.1) is 18.3 Å². The molecule has 0 aliphatic rings. The second-order valence-electron chi connectivity index (χ2n) is 2.99. The molecule has 0 bridgehead atoms. The molecule has 74 valence electrons. The third-order valence-electron chi connectivity index (χ3n) is 2.03. The Hall–Kier alpha value is -1.83. The van der Waals surface area contributed by atoms with E-state index in [2.05, 4.69) is 4.98 Å². The minimum atomic E-state index is -0.480. The number of carbonyl (C=O) groups is 1. The number of hydrogen-bond acceptors (Lipinski definition) is 4. The molecule has 0 aliphatic carbocycles. The topological polar surface area (TPSA) is 70.1 Å². The van der Waals surface area contributed by atoms with Crippen LogP contribution in [0.3, 0.4) is 0 Å². The van der Waals surface area contributed by atoms with Crippen molar-refractivity contribution in [3.8, 4) is 6.07 Å². The standard InChI is InChI=1S/C9H11N3O2/c1-6(4-10)12(3)9(13)8-7(2)11-5-14-8/h5-6H,1-3H3. The molecular weight excluding hydrogens is 182 g/mol. The lowest BCUT2D eigenvalue weighted by atomic mass is 10.3. The number of carbonyl (C=O) groups excluding carboxylic acids is 1. The number of amides is 1. The van der Waals surface area contributed by atoms with E-state index >= 15 is 0 Å². The molecule has 1 unspecified atom stereocenters. The Bertz CT molecular complexity index is 378. The summed E-state index contributed by atoms with van der Waals surface area (Å²) in [5.41, 5.74) is 0.534. The second-order valence-corrected chi connectivity index (χ2v) is 2.99. The number of rotatable bonds is 2. The fraction of sp³-hybridized carbons (Fsp3) is 0.444. The van der Waals surface area contributed by atoms with Crippen molar-refractivity contribution in [1.82, 2.24) is 9.88 Å². The highest BCUT2D eigenvalue weighted by Crippen LogP contribution is 2.09. The Labute approximate surface area is 81.9 Å². The molecular formula is C9H11N3O2. The van der Waals surface area contributed by atoms with Crippen LogP contribution in [-0.2, 0) is 0 Å². The quantitative estimate of drug-likeness (QED) is 0.701. The van der Waals surface area contributed by atoms with E-state index in [9.17, 15) is 4.79 Å². The molecule has 5 heteroatoms. The number of nitrogens with zero attached hydrogens (tertiary/aromatic N) is 3. The molecule has 0 saturated carbocycles. The van der Waals surface area contributed by atoms with Gasteiger partial charge in [0.05, 0.1) is 11.8 Å². The molecule has 0 fully saturated rings. The van der Waals surface area contributed by atoms with Crippen molar-refractivity contribution < 1.29 is 9.21 Å². The molecule has 0 aromatic carbocycles. The minimum absolute atomic E-state index is 0.189. The molecule has 0 spiro atoms. The molecule has 0 saturated heterocycles. The molecule has 1 aromatic rings. The van der Waals surface area contributed by atoms with Gasteiger partial charge in [0.15, 0.2) is 6.39 Å². The van der Waals surface area contributed by atoms with Gasteiger partial charge in [-0.1, -0.05) is 0 Å². The lowest BCUT2D eigenvalue weighted by Gasteiger charge is -2.17. The molecule has 5 nitrogen and oxygen atoms in total. The molecule has 1 aromatic heterocycles. The first-order valence-electron chi connectivity index (χ1n) is 4.14. The maximum atomic E-state index is 11.7. The molecule has 1 rings (SSSR count). The maximum absolute atomic E-state index is 11.7. The van der Waals surface area contributed by atoms with Gasteiger partial charge < -0.3 is 9.32 Å². The molecule has 1 amide bonds. The van der Waals surface area contributed by atoms with Crippen LogP contribution in [0.5, 0.6) is 0 Å². The van der Waals surface area contributed by atoms with Gasteiger partial charge in [-0.05, 0) is 13.8 Å². The molecule has 0 radical (unpaired) electrons. The van der Waals surface area contributed by atoms with Gasteiger partial charge in [-0.2, -0.15) is 5.26 Å². The Morgan fingerprint density at radius 2 is 2.43 bits per heavy atom. The SMILES string of the molecule is Cc1ncoc1C(=O)N(C)C(C)C#N. The zero-order chi connectivity index (χ0) is 10.7. The van der Waals surface area contributed by atoms with E-state index in [4.69, 9.17) is 9.68 Å². The van der Waals surface area contributed by atoms with Crippen LogP contribution in [-0.4, -0.2) is 28.9 Å². The van der Waals surface area contributed by atoms with E-state index in [1.165, 1.54) is 11.3 Å². The molecule has 0 aliphatic heterocycles. The predicted molar refractivity (Wildman–Crippen MR) is 48.4 cm³/mol. The van der Waals surface area contributed by atoms with Crippen LogP contribution >= 0.6 is 0 Å². The van der Waals surface area contributed by atoms with Crippen molar-refractivity contribution in [1.29, 1.82) is 5.26 Å². The fourth-order valence-electron chi connectivity index (χ4n) is 0.930. The third-order valence-corrected chi connectivity index (χ3v) is 2.03. The summed E-state index contributed by atoms with van der Waals surface area (Å²) in [4.78, 5) is 16.8. The van der Waals surface area contributed by atoms with Crippen molar-refractivity contribution in [2.24, 2.45) is 0 Å². The highest BCUT2D eigenvalue weighted by Gasteiger charge is 2.21. The summed E-state index contributed by atoms with van der Waals surface area (Å²) in [6, 6.07) is 1.49. The summed E-state index contributed by atoms with van der Waals surface area (Å²) in [5.74, 6) is -0.136. The zero-order valence-electron chi connectivity index (χ0n) is 8.31. The van der Waals surface area contributed by atoms with E-state index in [1.807, 2.05) is 6.07 Å². The van der Waals surface area contributed by atoms with Gasteiger partial charge in [-0.15, -0.1) is 0 Å². The van der Waals surface area contributed by atoms with Crippen LogP contribution in [0.2, 0.25) is 0 Å². The molecule has 0 N–H and O–H groups in total. The average molecular weight is 193 g/mol. The Morgan fingerprint density at radius 1 is 1.79 bits per heavy atom. The van der Waals surface area contributed by atoms with Crippen LogP contribution in [0.4, 0.5) is 0 Å². The lowest BCUT2D eigenvalue weighted by molar-refractivity contribution is 0.0740. The van der Waals surface area contributed by atoms with Gasteiger partial charge in [0.25, 0.3) is 5.91 Å². The van der Waals surface area contributed by atoms with Crippen LogP contribution in [0.15, 0.2) is 10.8 Å². The number of aromatic nitrogens is 1. The molecule has 14 heavy (non-hydrogen) atoms. The maximum Gasteiger partial charge on any atom is 0.292 e. The summed E-state index contributed by atoms with van der Waals surface area (Å²) in [6.45, 7) is 3.32. The van der Waals surface area contributed by atoms with Crippen molar-refractivity contribution in [3.63, 3.8) is 0 Å². The average Bonchev–Trinajstić information content (AvgIpc) is 2.61. The van der Waals surface area contributed by atoms with E-state index < -0.39 is 6.04 Å². The summed E-state index contributed by atoms with van der Waals surface area (Å²) in [7, 11) is 1.55. The van der Waals surface area contributed by atoms with Gasteiger partial charge in [0, 0.05) is 7.05 Å². The summed E-state index contributed by atoms with van der Waals surface area (Å²) >= 11 is 0.